The molecule has 0 spiro atoms. The van der Waals surface area contributed by atoms with Crippen molar-refractivity contribution in [1.82, 2.24) is 4.98 Å². The highest BCUT2D eigenvalue weighted by molar-refractivity contribution is 5.91. The number of carbonyl (C=O) groups excluding carboxylic acids is 1. The number of pyridine rings is 1. The average molecular weight is 334 g/mol. The molecule has 1 aromatic rings. The lowest BCUT2D eigenvalue weighted by molar-refractivity contribution is -0.119. The number of amides is 1. The molecule has 0 aliphatic heterocycles. The lowest BCUT2D eigenvalue weighted by Gasteiger charge is -2.27. The van der Waals surface area contributed by atoms with Crippen LogP contribution < -0.4 is 4.90 Å². The molecule has 1 aromatic heterocycles. The Labute approximate surface area is 130 Å². The Hall–Kier alpha value is -2.32. The van der Waals surface area contributed by atoms with E-state index in [-0.39, 0.29) is 16.2 Å². The Bertz CT molecular complexity index is 609. The maximum atomic E-state index is 12.8. The van der Waals surface area contributed by atoms with Crippen molar-refractivity contribution in [1.29, 1.82) is 0 Å². The number of carbonyl (C=O) groups is 2. The number of rotatable bonds is 3. The van der Waals surface area contributed by atoms with Gasteiger partial charge < -0.3 is 9.84 Å². The number of hydrogen-bond donors (Lipinski definition) is 1. The van der Waals surface area contributed by atoms with E-state index in [0.29, 0.717) is 0 Å². The third-order valence-electron chi connectivity index (χ3n) is 2.41. The zero-order chi connectivity index (χ0) is 18.0. The van der Waals surface area contributed by atoms with Crippen molar-refractivity contribution in [2.24, 2.45) is 0 Å². The predicted octanol–water partition coefficient (Wildman–Crippen LogP) is 3.39. The van der Waals surface area contributed by atoms with Gasteiger partial charge in [0.15, 0.2) is 0 Å². The van der Waals surface area contributed by atoms with E-state index in [1.807, 2.05) is 0 Å². The topological polar surface area (TPSA) is 79.7 Å². The van der Waals surface area contributed by atoms with Crippen LogP contribution in [-0.2, 0) is 4.74 Å². The minimum Gasteiger partial charge on any atom is -0.478 e. The molecule has 1 amide bonds. The van der Waals surface area contributed by atoms with Gasteiger partial charge in [-0.3, -0.25) is 4.90 Å². The summed E-state index contributed by atoms with van der Waals surface area (Å²) in [7, 11) is 0. The van der Waals surface area contributed by atoms with Crippen molar-refractivity contribution in [2.45, 2.75) is 39.5 Å². The molecule has 1 heterocycles. The first-order valence-electron chi connectivity index (χ1n) is 6.58. The third-order valence-corrected chi connectivity index (χ3v) is 2.41. The van der Waals surface area contributed by atoms with E-state index in [4.69, 9.17) is 9.84 Å². The summed E-state index contributed by atoms with van der Waals surface area (Å²) in [5.41, 5.74) is -1.13. The van der Waals surface area contributed by atoms with E-state index in [9.17, 15) is 22.8 Å². The van der Waals surface area contributed by atoms with Gasteiger partial charge in [-0.1, -0.05) is 0 Å². The number of anilines is 1. The van der Waals surface area contributed by atoms with Gasteiger partial charge >= 0.3 is 18.2 Å². The van der Waals surface area contributed by atoms with Crippen molar-refractivity contribution in [3.8, 4) is 0 Å². The molecule has 0 aliphatic rings. The summed E-state index contributed by atoms with van der Waals surface area (Å²) < 4.78 is 43.2. The molecule has 0 fully saturated rings. The molecule has 0 saturated heterocycles. The predicted molar refractivity (Wildman–Crippen MR) is 75.6 cm³/mol. The summed E-state index contributed by atoms with van der Waals surface area (Å²) in [6, 6.07) is 2.08. The van der Waals surface area contributed by atoms with Crippen LogP contribution >= 0.6 is 0 Å². The van der Waals surface area contributed by atoms with Gasteiger partial charge in [0.05, 0.1) is 5.56 Å². The molecule has 0 aliphatic carbocycles. The number of aromatic carboxylic acids is 1. The molecule has 1 N–H and O–H groups in total. The molecule has 0 bridgehead atoms. The van der Waals surface area contributed by atoms with Crippen LogP contribution in [0.25, 0.3) is 0 Å². The Balaban J connectivity index is 3.29. The lowest BCUT2D eigenvalue weighted by Crippen LogP contribution is -2.43. The number of aryl methyl sites for hydroxylation is 1. The molecule has 0 aromatic carbocycles. The number of nitrogens with zero attached hydrogens (tertiary/aromatic N) is 2. The van der Waals surface area contributed by atoms with Gasteiger partial charge in [0, 0.05) is 5.69 Å². The summed E-state index contributed by atoms with van der Waals surface area (Å²) in [5, 5.41) is 8.99. The Kier molecular flexibility index (Phi) is 5.24. The normalized spacial score (nSPS) is 12.0. The summed E-state index contributed by atoms with van der Waals surface area (Å²) >= 11 is 0. The van der Waals surface area contributed by atoms with Crippen molar-refractivity contribution in [3.05, 3.63) is 23.4 Å². The molecule has 0 saturated carbocycles. The summed E-state index contributed by atoms with van der Waals surface area (Å²) in [4.78, 5) is 27.2. The Morgan fingerprint density at radius 2 is 1.83 bits per heavy atom. The first kappa shape index (κ1) is 18.7. The molecule has 6 nitrogen and oxygen atoms in total. The highest BCUT2D eigenvalue weighted by Gasteiger charge is 2.36. The van der Waals surface area contributed by atoms with E-state index < -0.39 is 36.2 Å². The van der Waals surface area contributed by atoms with Crippen LogP contribution in [0.5, 0.6) is 0 Å². The molecular weight excluding hydrogens is 317 g/mol. The molecule has 128 valence electrons. The molecule has 0 radical (unpaired) electrons. The maximum absolute atomic E-state index is 12.8. The van der Waals surface area contributed by atoms with Crippen molar-refractivity contribution in [2.75, 3.05) is 11.4 Å². The third kappa shape index (κ3) is 6.13. The first-order valence-corrected chi connectivity index (χ1v) is 6.58. The Morgan fingerprint density at radius 1 is 1.26 bits per heavy atom. The highest BCUT2D eigenvalue weighted by Crippen LogP contribution is 2.24. The van der Waals surface area contributed by atoms with Crippen LogP contribution in [0.3, 0.4) is 0 Å². The smallest absolute Gasteiger partial charge is 0.416 e. The van der Waals surface area contributed by atoms with Gasteiger partial charge in [0.2, 0.25) is 0 Å². The minimum absolute atomic E-state index is 0.163. The van der Waals surface area contributed by atoms with Gasteiger partial charge in [-0.2, -0.15) is 13.2 Å². The molecular formula is C14H17F3N2O4. The zero-order valence-electron chi connectivity index (χ0n) is 13.1. The van der Waals surface area contributed by atoms with Gasteiger partial charge in [0.25, 0.3) is 0 Å². The van der Waals surface area contributed by atoms with Crippen LogP contribution in [0.2, 0.25) is 0 Å². The van der Waals surface area contributed by atoms with E-state index in [2.05, 4.69) is 4.98 Å². The van der Waals surface area contributed by atoms with E-state index in [0.717, 1.165) is 6.07 Å². The second-order valence-electron chi connectivity index (χ2n) is 5.84. The number of hydrogen-bond acceptors (Lipinski definition) is 4. The fourth-order valence-corrected chi connectivity index (χ4v) is 1.65. The van der Waals surface area contributed by atoms with Crippen LogP contribution in [0.4, 0.5) is 23.8 Å². The van der Waals surface area contributed by atoms with E-state index in [1.54, 1.807) is 0 Å². The number of ether oxygens (including phenoxy) is 1. The van der Waals surface area contributed by atoms with Gasteiger partial charge in [-0.05, 0) is 39.8 Å². The van der Waals surface area contributed by atoms with Crippen LogP contribution in [0.15, 0.2) is 12.1 Å². The van der Waals surface area contributed by atoms with Crippen LogP contribution in [-0.4, -0.2) is 40.5 Å². The van der Waals surface area contributed by atoms with Crippen LogP contribution in [0, 0.1) is 6.92 Å². The van der Waals surface area contributed by atoms with Gasteiger partial charge in [-0.15, -0.1) is 0 Å². The summed E-state index contributed by atoms with van der Waals surface area (Å²) in [6.45, 7) is 4.28. The quantitative estimate of drug-likeness (QED) is 0.916. The number of carboxylic acids is 1. The SMILES string of the molecule is Cc1cc(C(=O)O)cc(N(CC(F)(F)F)C(=O)OC(C)(C)C)n1. The molecule has 9 heteroatoms. The fourth-order valence-electron chi connectivity index (χ4n) is 1.65. The lowest BCUT2D eigenvalue weighted by atomic mass is 10.2. The molecule has 0 atom stereocenters. The number of halogens is 3. The Morgan fingerprint density at radius 3 is 2.26 bits per heavy atom. The zero-order valence-corrected chi connectivity index (χ0v) is 13.1. The molecule has 23 heavy (non-hydrogen) atoms. The monoisotopic (exact) mass is 334 g/mol. The maximum Gasteiger partial charge on any atom is 0.416 e. The van der Waals surface area contributed by atoms with Crippen LogP contribution in [0.1, 0.15) is 36.8 Å². The first-order chi connectivity index (χ1) is 10.3. The summed E-state index contributed by atoms with van der Waals surface area (Å²) in [5.74, 6) is -1.78. The largest absolute Gasteiger partial charge is 0.478 e. The molecule has 0 unspecified atom stereocenters. The van der Waals surface area contributed by atoms with E-state index in [1.165, 1.54) is 33.8 Å². The summed E-state index contributed by atoms with van der Waals surface area (Å²) in [6.07, 6.45) is -5.96. The number of carboxylic acid groups (broad SMARTS) is 1. The van der Waals surface area contributed by atoms with Crippen molar-refractivity contribution in [3.63, 3.8) is 0 Å². The fraction of sp³-hybridized carbons (Fsp3) is 0.500. The second kappa shape index (κ2) is 6.43. The average Bonchev–Trinajstić information content (AvgIpc) is 2.31. The van der Waals surface area contributed by atoms with Crippen molar-refractivity contribution >= 4 is 17.9 Å². The molecule has 1 rings (SSSR count). The standard InChI is InChI=1S/C14H17F3N2O4/c1-8-5-9(11(20)21)6-10(18-8)19(7-14(15,16)17)12(22)23-13(2,3)4/h5-6H,7H2,1-4H3,(H,20,21). The van der Waals surface area contributed by atoms with E-state index >= 15 is 0 Å². The van der Waals surface area contributed by atoms with Crippen molar-refractivity contribution < 1.29 is 32.6 Å². The number of alkyl halides is 3. The highest BCUT2D eigenvalue weighted by atomic mass is 19.4. The van der Waals surface area contributed by atoms with Gasteiger partial charge in [-0.25, -0.2) is 14.6 Å². The minimum atomic E-state index is -4.70. The van der Waals surface area contributed by atoms with Gasteiger partial charge in [0.1, 0.15) is 18.0 Å². The second-order valence-corrected chi connectivity index (χ2v) is 5.84. The number of aromatic nitrogens is 1.